The molecule has 1 heterocycles. The van der Waals surface area contributed by atoms with Crippen molar-refractivity contribution in [1.29, 1.82) is 0 Å². The van der Waals surface area contributed by atoms with E-state index in [4.69, 9.17) is 0 Å². The van der Waals surface area contributed by atoms with Crippen LogP contribution in [0.4, 0.5) is 8.78 Å². The van der Waals surface area contributed by atoms with Crippen LogP contribution in [0.1, 0.15) is 10.4 Å². The molecule has 0 unspecified atom stereocenters. The van der Waals surface area contributed by atoms with Gasteiger partial charge in [-0.1, -0.05) is 18.2 Å². The number of aromatic nitrogens is 1. The molecule has 96 valence electrons. The Balaban J connectivity index is 2.40. The summed E-state index contributed by atoms with van der Waals surface area (Å²) in [4.78, 5) is 10.8. The molecule has 0 spiro atoms. The van der Waals surface area contributed by atoms with E-state index in [0.717, 1.165) is 28.1 Å². The largest absolute Gasteiger partial charge is 0.335 e. The lowest BCUT2D eigenvalue weighted by molar-refractivity contribution is 0.112. The van der Waals surface area contributed by atoms with Crippen LogP contribution in [0, 0.1) is 0 Å². The molecule has 0 amide bonds. The summed E-state index contributed by atoms with van der Waals surface area (Å²) in [6.07, 6.45) is -1.65. The van der Waals surface area contributed by atoms with Gasteiger partial charge in [-0.05, 0) is 24.3 Å². The third-order valence-electron chi connectivity index (χ3n) is 3.25. The SMILES string of the molecule is O=Cc1ccc2c(c1)c1ccccc1n2CC(F)F. The predicted octanol–water partition coefficient (Wildman–Crippen LogP) is 3.87. The Kier molecular flexibility index (Phi) is 2.78. The zero-order valence-corrected chi connectivity index (χ0v) is 10.0. The lowest BCUT2D eigenvalue weighted by Gasteiger charge is -2.06. The fourth-order valence-corrected chi connectivity index (χ4v) is 2.48. The average molecular weight is 259 g/mol. The van der Waals surface area contributed by atoms with Gasteiger partial charge in [-0.25, -0.2) is 8.78 Å². The molecule has 0 aliphatic rings. The number of halogens is 2. The summed E-state index contributed by atoms with van der Waals surface area (Å²) < 4.78 is 27.0. The second kappa shape index (κ2) is 4.46. The molecule has 0 aliphatic carbocycles. The molecule has 0 atom stereocenters. The van der Waals surface area contributed by atoms with Crippen molar-refractivity contribution >= 4 is 28.1 Å². The Morgan fingerprint density at radius 2 is 1.79 bits per heavy atom. The molecule has 3 aromatic rings. The van der Waals surface area contributed by atoms with E-state index in [2.05, 4.69) is 0 Å². The van der Waals surface area contributed by atoms with Gasteiger partial charge in [0.25, 0.3) is 6.43 Å². The fourth-order valence-electron chi connectivity index (χ4n) is 2.48. The van der Waals surface area contributed by atoms with Gasteiger partial charge in [0, 0.05) is 27.4 Å². The molecule has 19 heavy (non-hydrogen) atoms. The van der Waals surface area contributed by atoms with Gasteiger partial charge in [-0.15, -0.1) is 0 Å². The Hall–Kier alpha value is -2.23. The van der Waals surface area contributed by atoms with Crippen molar-refractivity contribution in [2.45, 2.75) is 13.0 Å². The normalized spacial score (nSPS) is 11.5. The minimum atomic E-state index is -2.41. The fraction of sp³-hybridized carbons (Fsp3) is 0.133. The second-order valence-electron chi connectivity index (χ2n) is 4.41. The summed E-state index contributed by atoms with van der Waals surface area (Å²) in [5, 5.41) is 1.72. The van der Waals surface area contributed by atoms with Gasteiger partial charge in [-0.2, -0.15) is 0 Å². The van der Waals surface area contributed by atoms with E-state index in [-0.39, 0.29) is 6.54 Å². The van der Waals surface area contributed by atoms with E-state index >= 15 is 0 Å². The standard InChI is InChI=1S/C15H11F2NO/c16-15(17)8-18-13-4-2-1-3-11(13)12-7-10(9-19)5-6-14(12)18/h1-7,9,15H,8H2. The molecule has 0 saturated carbocycles. The molecule has 2 nitrogen and oxygen atoms in total. The van der Waals surface area contributed by atoms with Crippen LogP contribution in [0.2, 0.25) is 0 Å². The van der Waals surface area contributed by atoms with Crippen molar-refractivity contribution in [2.75, 3.05) is 0 Å². The molecule has 0 fully saturated rings. The van der Waals surface area contributed by atoms with Crippen molar-refractivity contribution in [3.63, 3.8) is 0 Å². The summed E-state index contributed by atoms with van der Waals surface area (Å²) in [6.45, 7) is -0.343. The van der Waals surface area contributed by atoms with Crippen LogP contribution in [0.15, 0.2) is 42.5 Å². The first-order chi connectivity index (χ1) is 9.20. The number of carbonyl (C=O) groups excluding carboxylic acids is 1. The number of hydrogen-bond acceptors (Lipinski definition) is 1. The molecule has 0 aliphatic heterocycles. The molecule has 4 heteroatoms. The van der Waals surface area contributed by atoms with Gasteiger partial charge < -0.3 is 4.57 Å². The van der Waals surface area contributed by atoms with Crippen molar-refractivity contribution in [2.24, 2.45) is 0 Å². The van der Waals surface area contributed by atoms with Crippen molar-refractivity contribution in [3.05, 3.63) is 48.0 Å². The summed E-state index contributed by atoms with van der Waals surface area (Å²) in [5.41, 5.74) is 2.04. The lowest BCUT2D eigenvalue weighted by atomic mass is 10.1. The van der Waals surface area contributed by atoms with Gasteiger partial charge in [0.2, 0.25) is 0 Å². The van der Waals surface area contributed by atoms with Crippen LogP contribution < -0.4 is 0 Å². The van der Waals surface area contributed by atoms with Crippen molar-refractivity contribution in [3.8, 4) is 0 Å². The van der Waals surface area contributed by atoms with Crippen LogP contribution in [-0.4, -0.2) is 17.3 Å². The van der Waals surface area contributed by atoms with Crippen LogP contribution in [-0.2, 0) is 6.54 Å². The minimum absolute atomic E-state index is 0.343. The highest BCUT2D eigenvalue weighted by molar-refractivity contribution is 6.09. The van der Waals surface area contributed by atoms with Gasteiger partial charge in [0.15, 0.2) is 0 Å². The first kappa shape index (κ1) is 11.8. The Morgan fingerprint density at radius 3 is 2.53 bits per heavy atom. The molecule has 0 radical (unpaired) electrons. The number of nitrogens with zero attached hydrogens (tertiary/aromatic N) is 1. The molecule has 1 aromatic heterocycles. The van der Waals surface area contributed by atoms with Crippen LogP contribution in [0.3, 0.4) is 0 Å². The zero-order chi connectivity index (χ0) is 13.4. The molecule has 0 N–H and O–H groups in total. The van der Waals surface area contributed by atoms with Crippen molar-refractivity contribution in [1.82, 2.24) is 4.57 Å². The Labute approximate surface area is 108 Å². The van der Waals surface area contributed by atoms with Gasteiger partial charge in [-0.3, -0.25) is 4.79 Å². The summed E-state index contributed by atoms with van der Waals surface area (Å²) in [7, 11) is 0. The van der Waals surface area contributed by atoms with Crippen LogP contribution in [0.25, 0.3) is 21.8 Å². The number of para-hydroxylation sites is 1. The monoisotopic (exact) mass is 259 g/mol. The average Bonchev–Trinajstić information content (AvgIpc) is 2.73. The Bertz CT molecular complexity index is 761. The second-order valence-corrected chi connectivity index (χ2v) is 4.41. The lowest BCUT2D eigenvalue weighted by Crippen LogP contribution is -2.05. The smallest absolute Gasteiger partial charge is 0.256 e. The molecule has 0 saturated heterocycles. The maximum absolute atomic E-state index is 12.7. The summed E-state index contributed by atoms with van der Waals surface area (Å²) in [5.74, 6) is 0. The highest BCUT2D eigenvalue weighted by Gasteiger charge is 2.13. The van der Waals surface area contributed by atoms with E-state index in [0.29, 0.717) is 5.56 Å². The Morgan fingerprint density at radius 1 is 1.05 bits per heavy atom. The quantitative estimate of drug-likeness (QED) is 0.654. The van der Waals surface area contributed by atoms with Gasteiger partial charge >= 0.3 is 0 Å². The first-order valence-corrected chi connectivity index (χ1v) is 5.95. The zero-order valence-electron chi connectivity index (χ0n) is 10.0. The van der Waals surface area contributed by atoms with E-state index in [1.54, 1.807) is 22.8 Å². The summed E-state index contributed by atoms with van der Waals surface area (Å²) in [6, 6.07) is 12.5. The molecule has 3 rings (SSSR count). The van der Waals surface area contributed by atoms with E-state index in [9.17, 15) is 13.6 Å². The number of fused-ring (bicyclic) bond motifs is 3. The highest BCUT2D eigenvalue weighted by atomic mass is 19.3. The third kappa shape index (κ3) is 1.89. The van der Waals surface area contributed by atoms with Crippen LogP contribution in [0.5, 0.6) is 0 Å². The molecule has 2 aromatic carbocycles. The predicted molar refractivity (Wildman–Crippen MR) is 70.8 cm³/mol. The number of benzene rings is 2. The molecular weight excluding hydrogens is 248 g/mol. The van der Waals surface area contributed by atoms with Crippen LogP contribution >= 0.6 is 0 Å². The summed E-state index contributed by atoms with van der Waals surface area (Å²) >= 11 is 0. The topological polar surface area (TPSA) is 22.0 Å². The number of hydrogen-bond donors (Lipinski definition) is 0. The van der Waals surface area contributed by atoms with Gasteiger partial charge in [0.05, 0.1) is 6.54 Å². The van der Waals surface area contributed by atoms with E-state index in [1.165, 1.54) is 0 Å². The van der Waals surface area contributed by atoms with Gasteiger partial charge in [0.1, 0.15) is 6.29 Å². The molecular formula is C15H11F2NO. The number of rotatable bonds is 3. The van der Waals surface area contributed by atoms with E-state index in [1.807, 2.05) is 24.3 Å². The van der Waals surface area contributed by atoms with Crippen molar-refractivity contribution < 1.29 is 13.6 Å². The number of alkyl halides is 2. The number of aldehydes is 1. The highest BCUT2D eigenvalue weighted by Crippen LogP contribution is 2.30. The van der Waals surface area contributed by atoms with E-state index < -0.39 is 6.43 Å². The minimum Gasteiger partial charge on any atom is -0.335 e. The maximum Gasteiger partial charge on any atom is 0.256 e. The molecule has 0 bridgehead atoms. The first-order valence-electron chi connectivity index (χ1n) is 5.95. The maximum atomic E-state index is 12.7. The number of carbonyl (C=O) groups is 1. The third-order valence-corrected chi connectivity index (χ3v) is 3.25.